The highest BCUT2D eigenvalue weighted by atomic mass is 16.5. The van der Waals surface area contributed by atoms with Crippen molar-refractivity contribution >= 4 is 17.4 Å². The summed E-state index contributed by atoms with van der Waals surface area (Å²) in [6.07, 6.45) is 6.41. The number of nitrogens with one attached hydrogen (secondary N) is 1. The number of urea groups is 1. The lowest BCUT2D eigenvalue weighted by Gasteiger charge is -2.42. The van der Waals surface area contributed by atoms with Gasteiger partial charge in [0, 0.05) is 56.7 Å². The molecular formula is C22H34N4O2. The zero-order chi connectivity index (χ0) is 19.3. The number of benzene rings is 1. The van der Waals surface area contributed by atoms with Gasteiger partial charge in [-0.3, -0.25) is 9.80 Å². The Kier molecular flexibility index (Phi) is 6.37. The van der Waals surface area contributed by atoms with Crippen LogP contribution < -0.4 is 15.1 Å². The topological polar surface area (TPSA) is 48.1 Å². The van der Waals surface area contributed by atoms with Gasteiger partial charge in [-0.05, 0) is 56.8 Å². The van der Waals surface area contributed by atoms with Crippen molar-refractivity contribution in [3.63, 3.8) is 0 Å². The third-order valence-electron chi connectivity index (χ3n) is 6.31. The number of carbonyl (C=O) groups excluding carboxylic acids is 1. The van der Waals surface area contributed by atoms with Gasteiger partial charge in [0.1, 0.15) is 0 Å². The van der Waals surface area contributed by atoms with E-state index in [1.165, 1.54) is 37.9 Å². The molecule has 0 aromatic heterocycles. The van der Waals surface area contributed by atoms with Crippen molar-refractivity contribution in [2.75, 3.05) is 55.7 Å². The van der Waals surface area contributed by atoms with Gasteiger partial charge in [0.25, 0.3) is 0 Å². The monoisotopic (exact) mass is 386 g/mol. The standard InChI is InChI=1S/C22H34N4O2/c1-2-15-28-21-7-4-11-25(17-21)18-8-12-24(13-9-18)19-5-3-6-20(16-19)26-14-10-23-22(26)27/h3,5-6,16,18,21H,2,4,7-15,17H2,1H3,(H,23,27). The maximum absolute atomic E-state index is 12.0. The van der Waals surface area contributed by atoms with Crippen LogP contribution in [0.1, 0.15) is 39.0 Å². The van der Waals surface area contributed by atoms with Crippen molar-refractivity contribution in [1.29, 1.82) is 0 Å². The quantitative estimate of drug-likeness (QED) is 0.816. The van der Waals surface area contributed by atoms with Crippen LogP contribution in [0.4, 0.5) is 16.2 Å². The first-order chi connectivity index (χ1) is 13.7. The van der Waals surface area contributed by atoms with Crippen molar-refractivity contribution in [2.24, 2.45) is 0 Å². The van der Waals surface area contributed by atoms with E-state index in [-0.39, 0.29) is 6.03 Å². The van der Waals surface area contributed by atoms with E-state index >= 15 is 0 Å². The van der Waals surface area contributed by atoms with Gasteiger partial charge >= 0.3 is 6.03 Å². The minimum absolute atomic E-state index is 0.0146. The molecular weight excluding hydrogens is 352 g/mol. The van der Waals surface area contributed by atoms with Gasteiger partial charge in [-0.15, -0.1) is 0 Å². The molecule has 0 aliphatic carbocycles. The lowest BCUT2D eigenvalue weighted by Crippen LogP contribution is -2.50. The SMILES string of the molecule is CCCOC1CCCN(C2CCN(c3cccc(N4CCNC4=O)c3)CC2)C1. The number of likely N-dealkylation sites (tertiary alicyclic amines) is 1. The van der Waals surface area contributed by atoms with Crippen molar-refractivity contribution in [2.45, 2.75) is 51.2 Å². The zero-order valence-corrected chi connectivity index (χ0v) is 17.1. The summed E-state index contributed by atoms with van der Waals surface area (Å²) >= 11 is 0. The summed E-state index contributed by atoms with van der Waals surface area (Å²) in [5.41, 5.74) is 2.24. The molecule has 154 valence electrons. The normalized spacial score (nSPS) is 24.6. The molecule has 3 aliphatic rings. The number of nitrogens with zero attached hydrogens (tertiary/aromatic N) is 3. The number of carbonyl (C=O) groups is 1. The molecule has 1 atom stereocenters. The molecule has 1 aromatic rings. The molecule has 0 bridgehead atoms. The van der Waals surface area contributed by atoms with Gasteiger partial charge in [-0.25, -0.2) is 4.79 Å². The molecule has 1 unspecified atom stereocenters. The van der Waals surface area contributed by atoms with Crippen LogP contribution in [0.2, 0.25) is 0 Å². The van der Waals surface area contributed by atoms with Crippen LogP contribution in [0, 0.1) is 0 Å². The van der Waals surface area contributed by atoms with Crippen LogP contribution in [-0.4, -0.2) is 69.0 Å². The first-order valence-corrected chi connectivity index (χ1v) is 11.0. The summed E-state index contributed by atoms with van der Waals surface area (Å²) in [6.45, 7) is 9.03. The number of ether oxygens (including phenoxy) is 1. The summed E-state index contributed by atoms with van der Waals surface area (Å²) < 4.78 is 6.02. The van der Waals surface area contributed by atoms with Crippen LogP contribution in [0.5, 0.6) is 0 Å². The molecule has 2 amide bonds. The Morgan fingerprint density at radius 3 is 2.68 bits per heavy atom. The van der Waals surface area contributed by atoms with E-state index in [1.54, 1.807) is 0 Å². The van der Waals surface area contributed by atoms with Crippen LogP contribution >= 0.6 is 0 Å². The molecule has 6 nitrogen and oxygen atoms in total. The summed E-state index contributed by atoms with van der Waals surface area (Å²) in [6, 6.07) is 9.14. The predicted octanol–water partition coefficient (Wildman–Crippen LogP) is 3.08. The molecule has 0 radical (unpaired) electrons. The Morgan fingerprint density at radius 2 is 1.93 bits per heavy atom. The predicted molar refractivity (Wildman–Crippen MR) is 113 cm³/mol. The third kappa shape index (κ3) is 4.44. The number of rotatable bonds is 6. The molecule has 1 N–H and O–H groups in total. The van der Waals surface area contributed by atoms with Gasteiger partial charge in [-0.2, -0.15) is 0 Å². The summed E-state index contributed by atoms with van der Waals surface area (Å²) in [4.78, 5) is 18.9. The Labute approximate surface area is 168 Å². The average Bonchev–Trinajstić information content (AvgIpc) is 3.18. The van der Waals surface area contributed by atoms with Crippen LogP contribution in [-0.2, 0) is 4.74 Å². The molecule has 6 heteroatoms. The maximum Gasteiger partial charge on any atom is 0.321 e. The molecule has 4 rings (SSSR count). The number of piperidine rings is 2. The Hall–Kier alpha value is -1.79. The Balaban J connectivity index is 1.32. The van der Waals surface area contributed by atoms with Crippen molar-refractivity contribution in [1.82, 2.24) is 10.2 Å². The summed E-state index contributed by atoms with van der Waals surface area (Å²) in [5, 5.41) is 2.88. The van der Waals surface area contributed by atoms with Crippen molar-refractivity contribution in [3.8, 4) is 0 Å². The fraction of sp³-hybridized carbons (Fsp3) is 0.682. The highest BCUT2D eigenvalue weighted by Gasteiger charge is 2.29. The summed E-state index contributed by atoms with van der Waals surface area (Å²) in [7, 11) is 0. The van der Waals surface area contributed by atoms with Gasteiger partial charge in [0.2, 0.25) is 0 Å². The molecule has 28 heavy (non-hydrogen) atoms. The van der Waals surface area contributed by atoms with Gasteiger partial charge in [0.05, 0.1) is 6.10 Å². The second kappa shape index (κ2) is 9.14. The second-order valence-corrected chi connectivity index (χ2v) is 8.25. The van der Waals surface area contributed by atoms with Crippen LogP contribution in [0.25, 0.3) is 0 Å². The van der Waals surface area contributed by atoms with E-state index in [2.05, 4.69) is 40.2 Å². The van der Waals surface area contributed by atoms with Crippen molar-refractivity contribution in [3.05, 3.63) is 24.3 Å². The molecule has 0 spiro atoms. The van der Waals surface area contributed by atoms with E-state index in [4.69, 9.17) is 4.74 Å². The molecule has 3 aliphatic heterocycles. The van der Waals surface area contributed by atoms with Gasteiger partial charge in [0.15, 0.2) is 0 Å². The summed E-state index contributed by atoms with van der Waals surface area (Å²) in [5.74, 6) is 0. The molecule has 0 saturated carbocycles. The first-order valence-electron chi connectivity index (χ1n) is 11.0. The Bertz CT molecular complexity index is 660. The smallest absolute Gasteiger partial charge is 0.321 e. The molecule has 1 aromatic carbocycles. The van der Waals surface area contributed by atoms with Crippen LogP contribution in [0.3, 0.4) is 0 Å². The first kappa shape index (κ1) is 19.5. The number of anilines is 2. The Morgan fingerprint density at radius 1 is 1.11 bits per heavy atom. The molecule has 3 fully saturated rings. The third-order valence-corrected chi connectivity index (χ3v) is 6.31. The van der Waals surface area contributed by atoms with Gasteiger partial charge in [-0.1, -0.05) is 13.0 Å². The fourth-order valence-electron chi connectivity index (χ4n) is 4.78. The second-order valence-electron chi connectivity index (χ2n) is 8.25. The number of hydrogen-bond donors (Lipinski definition) is 1. The number of amides is 2. The van der Waals surface area contributed by atoms with E-state index in [1.807, 2.05) is 11.0 Å². The van der Waals surface area contributed by atoms with Crippen molar-refractivity contribution < 1.29 is 9.53 Å². The highest BCUT2D eigenvalue weighted by Crippen LogP contribution is 2.28. The van der Waals surface area contributed by atoms with E-state index < -0.39 is 0 Å². The van der Waals surface area contributed by atoms with E-state index in [9.17, 15) is 4.79 Å². The van der Waals surface area contributed by atoms with Crippen LogP contribution in [0.15, 0.2) is 24.3 Å². The average molecular weight is 387 g/mol. The van der Waals surface area contributed by atoms with E-state index in [0.29, 0.717) is 12.1 Å². The number of hydrogen-bond acceptors (Lipinski definition) is 4. The van der Waals surface area contributed by atoms with E-state index in [0.717, 1.165) is 51.4 Å². The lowest BCUT2D eigenvalue weighted by molar-refractivity contribution is -0.0154. The highest BCUT2D eigenvalue weighted by molar-refractivity contribution is 5.94. The largest absolute Gasteiger partial charge is 0.377 e. The maximum atomic E-state index is 12.0. The lowest BCUT2D eigenvalue weighted by atomic mass is 9.98. The van der Waals surface area contributed by atoms with Gasteiger partial charge < -0.3 is 15.0 Å². The zero-order valence-electron chi connectivity index (χ0n) is 17.1. The molecule has 3 saturated heterocycles. The molecule has 3 heterocycles. The minimum Gasteiger partial charge on any atom is -0.377 e. The minimum atomic E-state index is 0.0146. The fourth-order valence-corrected chi connectivity index (χ4v) is 4.78.